The summed E-state index contributed by atoms with van der Waals surface area (Å²) >= 11 is 3.41. The summed E-state index contributed by atoms with van der Waals surface area (Å²) in [4.78, 5) is 16.2. The maximum Gasteiger partial charge on any atom is 0.255 e. The van der Waals surface area contributed by atoms with E-state index in [1.54, 1.807) is 24.4 Å². The Morgan fingerprint density at radius 1 is 1.35 bits per heavy atom. The van der Waals surface area contributed by atoms with Crippen LogP contribution in [-0.4, -0.2) is 17.5 Å². The number of carbonyl (C=O) groups is 1. The Morgan fingerprint density at radius 2 is 2.15 bits per heavy atom. The maximum atomic E-state index is 12.1. The molecule has 1 aromatic heterocycles. The number of aryl methyl sites for hydroxylation is 1. The van der Waals surface area contributed by atoms with E-state index in [1.165, 1.54) is 0 Å². The van der Waals surface area contributed by atoms with Crippen LogP contribution in [-0.2, 0) is 0 Å². The Morgan fingerprint density at radius 3 is 2.75 bits per heavy atom. The predicted octanol–water partition coefficient (Wildman–Crippen LogP) is 3.80. The van der Waals surface area contributed by atoms with Gasteiger partial charge in [0.15, 0.2) is 0 Å². The monoisotopic (exact) mass is 334 g/mol. The van der Waals surface area contributed by atoms with Gasteiger partial charge in [0, 0.05) is 16.1 Å². The Hall–Kier alpha value is -1.88. The molecule has 0 aliphatic rings. The standard InChI is InChI=1S/C15H15BrN2O2/c1-3-20-14-7-5-12(9-17-14)18-15(19)11-4-6-13(16)10(2)8-11/h4-9H,3H2,1-2H3,(H,18,19). The predicted molar refractivity (Wildman–Crippen MR) is 82.2 cm³/mol. The Labute approximate surface area is 126 Å². The summed E-state index contributed by atoms with van der Waals surface area (Å²) in [5.41, 5.74) is 2.26. The molecule has 2 aromatic rings. The van der Waals surface area contributed by atoms with Crippen LogP contribution >= 0.6 is 15.9 Å². The number of pyridine rings is 1. The van der Waals surface area contributed by atoms with Crippen LogP contribution in [0.2, 0.25) is 0 Å². The van der Waals surface area contributed by atoms with Crippen LogP contribution in [0, 0.1) is 6.92 Å². The number of nitrogens with one attached hydrogen (secondary N) is 1. The average molecular weight is 335 g/mol. The van der Waals surface area contributed by atoms with Crippen molar-refractivity contribution in [2.24, 2.45) is 0 Å². The summed E-state index contributed by atoms with van der Waals surface area (Å²) in [6.45, 7) is 4.41. The van der Waals surface area contributed by atoms with Crippen molar-refractivity contribution in [3.05, 3.63) is 52.1 Å². The first-order valence-electron chi connectivity index (χ1n) is 6.26. The van der Waals surface area contributed by atoms with Crippen molar-refractivity contribution in [2.45, 2.75) is 13.8 Å². The number of amides is 1. The number of anilines is 1. The third-order valence-electron chi connectivity index (χ3n) is 2.71. The molecule has 1 aromatic carbocycles. The number of hydrogen-bond acceptors (Lipinski definition) is 3. The summed E-state index contributed by atoms with van der Waals surface area (Å²) < 4.78 is 6.23. The fraction of sp³-hybridized carbons (Fsp3) is 0.200. The minimum atomic E-state index is -0.161. The second-order valence-corrected chi connectivity index (χ2v) is 5.09. The molecule has 1 N–H and O–H groups in total. The summed E-state index contributed by atoms with van der Waals surface area (Å²) in [5.74, 6) is 0.386. The average Bonchev–Trinajstić information content (AvgIpc) is 2.44. The van der Waals surface area contributed by atoms with E-state index in [0.29, 0.717) is 23.7 Å². The maximum absolute atomic E-state index is 12.1. The van der Waals surface area contributed by atoms with E-state index in [4.69, 9.17) is 4.74 Å². The highest BCUT2D eigenvalue weighted by atomic mass is 79.9. The molecule has 20 heavy (non-hydrogen) atoms. The zero-order valence-electron chi connectivity index (χ0n) is 11.3. The van der Waals surface area contributed by atoms with Gasteiger partial charge in [-0.2, -0.15) is 0 Å². The van der Waals surface area contributed by atoms with E-state index in [9.17, 15) is 4.79 Å². The molecular weight excluding hydrogens is 320 g/mol. The quantitative estimate of drug-likeness (QED) is 0.925. The highest BCUT2D eigenvalue weighted by Gasteiger charge is 2.08. The second-order valence-electron chi connectivity index (χ2n) is 4.24. The molecule has 0 radical (unpaired) electrons. The van der Waals surface area contributed by atoms with Gasteiger partial charge in [-0.3, -0.25) is 4.79 Å². The molecular formula is C15H15BrN2O2. The molecule has 0 saturated heterocycles. The minimum absolute atomic E-state index is 0.161. The molecule has 0 aliphatic carbocycles. The van der Waals surface area contributed by atoms with Gasteiger partial charge in [-0.1, -0.05) is 15.9 Å². The number of ether oxygens (including phenoxy) is 1. The largest absolute Gasteiger partial charge is 0.478 e. The molecule has 0 fully saturated rings. The highest BCUT2D eigenvalue weighted by Crippen LogP contribution is 2.18. The number of aromatic nitrogens is 1. The fourth-order valence-electron chi connectivity index (χ4n) is 1.68. The van der Waals surface area contributed by atoms with Crippen LogP contribution < -0.4 is 10.1 Å². The molecule has 0 spiro atoms. The lowest BCUT2D eigenvalue weighted by molar-refractivity contribution is 0.102. The van der Waals surface area contributed by atoms with Crippen LogP contribution in [0.4, 0.5) is 5.69 Å². The third-order valence-corrected chi connectivity index (χ3v) is 3.60. The van der Waals surface area contributed by atoms with Crippen LogP contribution in [0.15, 0.2) is 41.0 Å². The Bertz CT molecular complexity index is 612. The number of benzene rings is 1. The fourth-order valence-corrected chi connectivity index (χ4v) is 1.92. The molecule has 4 nitrogen and oxygen atoms in total. The zero-order chi connectivity index (χ0) is 14.5. The molecule has 0 unspecified atom stereocenters. The molecule has 2 rings (SSSR count). The van der Waals surface area contributed by atoms with Gasteiger partial charge >= 0.3 is 0 Å². The summed E-state index contributed by atoms with van der Waals surface area (Å²) in [7, 11) is 0. The van der Waals surface area contributed by atoms with Gasteiger partial charge in [0.05, 0.1) is 18.5 Å². The summed E-state index contributed by atoms with van der Waals surface area (Å²) in [5, 5.41) is 2.80. The topological polar surface area (TPSA) is 51.2 Å². The Kier molecular flexibility index (Phi) is 4.74. The van der Waals surface area contributed by atoms with Crippen molar-refractivity contribution < 1.29 is 9.53 Å². The number of hydrogen-bond donors (Lipinski definition) is 1. The molecule has 0 aliphatic heterocycles. The van der Waals surface area contributed by atoms with Crippen molar-refractivity contribution in [1.29, 1.82) is 0 Å². The zero-order valence-corrected chi connectivity index (χ0v) is 12.9. The van der Waals surface area contributed by atoms with Crippen molar-refractivity contribution >= 4 is 27.5 Å². The van der Waals surface area contributed by atoms with Gasteiger partial charge in [-0.15, -0.1) is 0 Å². The van der Waals surface area contributed by atoms with Gasteiger partial charge in [0.2, 0.25) is 5.88 Å². The van der Waals surface area contributed by atoms with E-state index in [1.807, 2.05) is 26.0 Å². The normalized spacial score (nSPS) is 10.2. The molecule has 0 saturated carbocycles. The van der Waals surface area contributed by atoms with Crippen LogP contribution in [0.5, 0.6) is 5.88 Å². The van der Waals surface area contributed by atoms with Gasteiger partial charge in [0.25, 0.3) is 5.91 Å². The van der Waals surface area contributed by atoms with Crippen molar-refractivity contribution in [2.75, 3.05) is 11.9 Å². The van der Waals surface area contributed by atoms with Gasteiger partial charge in [-0.25, -0.2) is 4.98 Å². The SMILES string of the molecule is CCOc1ccc(NC(=O)c2ccc(Br)c(C)c2)cn1. The molecule has 1 amide bonds. The minimum Gasteiger partial charge on any atom is -0.478 e. The first-order valence-corrected chi connectivity index (χ1v) is 7.06. The molecule has 104 valence electrons. The summed E-state index contributed by atoms with van der Waals surface area (Å²) in [6.07, 6.45) is 1.58. The van der Waals surface area contributed by atoms with Crippen molar-refractivity contribution in [3.8, 4) is 5.88 Å². The second kappa shape index (κ2) is 6.52. The first kappa shape index (κ1) is 14.5. The van der Waals surface area contributed by atoms with Crippen LogP contribution in [0.3, 0.4) is 0 Å². The van der Waals surface area contributed by atoms with Gasteiger partial charge < -0.3 is 10.1 Å². The van der Waals surface area contributed by atoms with E-state index in [2.05, 4.69) is 26.2 Å². The first-order chi connectivity index (χ1) is 9.60. The van der Waals surface area contributed by atoms with Crippen LogP contribution in [0.1, 0.15) is 22.8 Å². The summed E-state index contributed by atoms with van der Waals surface area (Å²) in [6, 6.07) is 8.96. The van der Waals surface area contributed by atoms with Crippen LogP contribution in [0.25, 0.3) is 0 Å². The lowest BCUT2D eigenvalue weighted by atomic mass is 10.1. The molecule has 1 heterocycles. The van der Waals surface area contributed by atoms with E-state index in [-0.39, 0.29) is 5.91 Å². The molecule has 0 atom stereocenters. The number of carbonyl (C=O) groups excluding carboxylic acids is 1. The lowest BCUT2D eigenvalue weighted by Crippen LogP contribution is -2.12. The number of rotatable bonds is 4. The third kappa shape index (κ3) is 3.57. The number of nitrogens with zero attached hydrogens (tertiary/aromatic N) is 1. The van der Waals surface area contributed by atoms with Gasteiger partial charge in [-0.05, 0) is 43.7 Å². The van der Waals surface area contributed by atoms with E-state index in [0.717, 1.165) is 10.0 Å². The smallest absolute Gasteiger partial charge is 0.255 e. The Balaban J connectivity index is 2.08. The van der Waals surface area contributed by atoms with E-state index < -0.39 is 0 Å². The van der Waals surface area contributed by atoms with Gasteiger partial charge in [0.1, 0.15) is 0 Å². The van der Waals surface area contributed by atoms with Crippen molar-refractivity contribution in [1.82, 2.24) is 4.98 Å². The van der Waals surface area contributed by atoms with E-state index >= 15 is 0 Å². The van der Waals surface area contributed by atoms with Crippen molar-refractivity contribution in [3.63, 3.8) is 0 Å². The highest BCUT2D eigenvalue weighted by molar-refractivity contribution is 9.10. The molecule has 5 heteroatoms. The lowest BCUT2D eigenvalue weighted by Gasteiger charge is -2.07. The number of halogens is 1. The molecule has 0 bridgehead atoms.